The Morgan fingerprint density at radius 3 is 2.38 bits per heavy atom. The molecule has 52 heavy (non-hydrogen) atoms. The molecule has 0 saturated carbocycles. The molecule has 0 bridgehead atoms. The molecule has 1 saturated heterocycles. The highest BCUT2D eigenvalue weighted by atomic mass is 28.4. The molecule has 2 heterocycles. The van der Waals surface area contributed by atoms with Crippen LogP contribution in [0.1, 0.15) is 40.4 Å². The van der Waals surface area contributed by atoms with Crippen molar-refractivity contribution in [1.82, 2.24) is 4.90 Å². The number of amides is 3. The number of ether oxygens (including phenoxy) is 2. The first-order valence-electron chi connectivity index (χ1n) is 17.4. The van der Waals surface area contributed by atoms with E-state index in [0.29, 0.717) is 40.5 Å². The Hall–Kier alpha value is -5.01. The van der Waals surface area contributed by atoms with Gasteiger partial charge in [-0.05, 0) is 78.8 Å². The molecule has 0 radical (unpaired) electrons. The van der Waals surface area contributed by atoms with Gasteiger partial charge in [0, 0.05) is 47.1 Å². The second-order valence-corrected chi connectivity index (χ2v) is 18.1. The van der Waals surface area contributed by atoms with Crippen molar-refractivity contribution in [2.75, 3.05) is 36.2 Å². The van der Waals surface area contributed by atoms with Crippen LogP contribution < -0.4 is 20.7 Å². The van der Waals surface area contributed by atoms with Gasteiger partial charge in [0.05, 0.1) is 38.5 Å². The third-order valence-corrected chi connectivity index (χ3v) is 12.7. The zero-order valence-electron chi connectivity index (χ0n) is 29.9. The molecule has 2 aliphatic rings. The number of nitrogen functional groups attached to an aromatic ring is 1. The van der Waals surface area contributed by atoms with Crippen LogP contribution in [0.25, 0.3) is 0 Å². The number of anilines is 3. The van der Waals surface area contributed by atoms with Gasteiger partial charge in [0.1, 0.15) is 5.75 Å². The van der Waals surface area contributed by atoms with E-state index in [1.807, 2.05) is 80.7 Å². The summed E-state index contributed by atoms with van der Waals surface area (Å²) >= 11 is 0. The number of aliphatic hydroxyl groups excluding tert-OH is 1. The Balaban J connectivity index is 1.31. The van der Waals surface area contributed by atoms with Gasteiger partial charge in [0.2, 0.25) is 5.91 Å². The average Bonchev–Trinajstić information content (AvgIpc) is 3.54. The number of nitrogens with one attached hydrogen (secondary N) is 1. The van der Waals surface area contributed by atoms with Crippen molar-refractivity contribution in [2.45, 2.75) is 56.8 Å². The Morgan fingerprint density at radius 2 is 1.71 bits per heavy atom. The molecule has 4 aromatic rings. The number of nitrogens with zero attached hydrogens (tertiary/aromatic N) is 2. The number of benzene rings is 4. The third kappa shape index (κ3) is 7.20. The highest BCUT2D eigenvalue weighted by Crippen LogP contribution is 2.60. The number of carbonyl (C=O) groups excluding carboxylic acids is 3. The van der Waals surface area contributed by atoms with Gasteiger partial charge in [0.25, 0.3) is 11.8 Å². The van der Waals surface area contributed by atoms with Crippen molar-refractivity contribution in [3.05, 3.63) is 119 Å². The van der Waals surface area contributed by atoms with Crippen molar-refractivity contribution in [3.63, 3.8) is 0 Å². The topological polar surface area (TPSA) is 155 Å². The van der Waals surface area contributed by atoms with Gasteiger partial charge < -0.3 is 40.2 Å². The lowest BCUT2D eigenvalue weighted by atomic mass is 9.82. The summed E-state index contributed by atoms with van der Waals surface area (Å²) in [5, 5.41) is 12.8. The molecule has 272 valence electrons. The van der Waals surface area contributed by atoms with Crippen LogP contribution in [0.4, 0.5) is 17.1 Å². The van der Waals surface area contributed by atoms with E-state index in [4.69, 9.17) is 15.2 Å². The van der Waals surface area contributed by atoms with Crippen LogP contribution in [0, 0.1) is 5.92 Å². The van der Waals surface area contributed by atoms with Gasteiger partial charge in [-0.25, -0.2) is 0 Å². The fourth-order valence-electron chi connectivity index (χ4n) is 7.83. The molecular weight excluding hydrogens is 677 g/mol. The average molecular weight is 723 g/mol. The molecule has 0 aromatic heterocycles. The minimum absolute atomic E-state index is 0.0666. The first-order chi connectivity index (χ1) is 24.8. The number of methoxy groups -OCH3 is 1. The Morgan fingerprint density at radius 1 is 1.00 bits per heavy atom. The van der Waals surface area contributed by atoms with E-state index in [-0.39, 0.29) is 43.8 Å². The lowest BCUT2D eigenvalue weighted by Crippen LogP contribution is -2.46. The Bertz CT molecular complexity index is 1930. The molecule has 1 spiro atoms. The highest BCUT2D eigenvalue weighted by molar-refractivity contribution is 6.71. The predicted molar refractivity (Wildman–Crippen MR) is 202 cm³/mol. The van der Waals surface area contributed by atoms with E-state index in [1.165, 1.54) is 0 Å². The van der Waals surface area contributed by atoms with Gasteiger partial charge in [0.15, 0.2) is 13.9 Å². The summed E-state index contributed by atoms with van der Waals surface area (Å²) in [4.78, 5) is 56.8. The number of rotatable bonds is 12. The third-order valence-electron chi connectivity index (χ3n) is 10.2. The largest absolute Gasteiger partial charge is 0.497 e. The molecule has 0 aliphatic carbocycles. The van der Waals surface area contributed by atoms with Crippen molar-refractivity contribution < 1.29 is 33.8 Å². The van der Waals surface area contributed by atoms with Gasteiger partial charge in [-0.2, -0.15) is 0 Å². The number of hydrogen-bond acceptors (Lipinski definition) is 8. The summed E-state index contributed by atoms with van der Waals surface area (Å²) in [6.07, 6.45) is -0.830. The van der Waals surface area contributed by atoms with Crippen LogP contribution in [0.2, 0.25) is 18.6 Å². The summed E-state index contributed by atoms with van der Waals surface area (Å²) in [5.41, 5.74) is 8.36. The normalized spacial score (nSPS) is 20.9. The lowest BCUT2D eigenvalue weighted by molar-refractivity contribution is -0.150. The monoisotopic (exact) mass is 722 g/mol. The van der Waals surface area contributed by atoms with E-state index in [9.17, 15) is 24.3 Å². The second-order valence-electron chi connectivity index (χ2n) is 14.1. The molecule has 6 rings (SSSR count). The SMILES string of the molecule is COc1ccc2c(c1)[C@]1(O[C@@H](CC(=O)N(CCO)Cc3ccccc3)[C@H]([Si](C)(C)O)[C@H]1C)C(=O)N2Cc1cccc(NC(=O)c2ccc(N)cc2)c1. The predicted octanol–water partition coefficient (Wildman–Crippen LogP) is 5.29. The lowest BCUT2D eigenvalue weighted by Gasteiger charge is -2.32. The molecule has 12 heteroatoms. The summed E-state index contributed by atoms with van der Waals surface area (Å²) < 4.78 is 12.5. The van der Waals surface area contributed by atoms with E-state index >= 15 is 0 Å². The maximum absolute atomic E-state index is 14.9. The van der Waals surface area contributed by atoms with E-state index in [0.717, 1.165) is 11.1 Å². The second kappa shape index (κ2) is 14.9. The maximum Gasteiger partial charge on any atom is 0.264 e. The first-order valence-corrected chi connectivity index (χ1v) is 20.5. The summed E-state index contributed by atoms with van der Waals surface area (Å²) in [6.45, 7) is 5.98. The molecular formula is C40H46N4O7Si. The summed E-state index contributed by atoms with van der Waals surface area (Å²) in [6, 6.07) is 28.9. The van der Waals surface area contributed by atoms with E-state index in [1.54, 1.807) is 53.3 Å². The molecule has 1 fully saturated rings. The van der Waals surface area contributed by atoms with Gasteiger partial charge in [-0.3, -0.25) is 14.4 Å². The zero-order valence-corrected chi connectivity index (χ0v) is 30.9. The van der Waals surface area contributed by atoms with Crippen LogP contribution >= 0.6 is 0 Å². The minimum atomic E-state index is -3.06. The number of hydrogen-bond donors (Lipinski definition) is 4. The van der Waals surface area contributed by atoms with E-state index in [2.05, 4.69) is 5.32 Å². The van der Waals surface area contributed by atoms with Gasteiger partial charge in [-0.15, -0.1) is 0 Å². The maximum atomic E-state index is 14.9. The number of fused-ring (bicyclic) bond motifs is 2. The fraction of sp³-hybridized carbons (Fsp3) is 0.325. The highest BCUT2D eigenvalue weighted by Gasteiger charge is 2.66. The van der Waals surface area contributed by atoms with Crippen LogP contribution in [0.15, 0.2) is 97.1 Å². The van der Waals surface area contributed by atoms with Crippen LogP contribution in [0.3, 0.4) is 0 Å². The van der Waals surface area contributed by atoms with Crippen molar-refractivity contribution >= 4 is 43.1 Å². The quantitative estimate of drug-likeness (QED) is 0.114. The standard InChI is InChI=1S/C40H46N4O7Si/c1-26-37(52(3,4)49)35(23-36(46)43(19-20-45)24-27-9-6-5-7-10-27)51-40(26)33-22-32(50-2)17-18-34(33)44(39(40)48)25-28-11-8-12-31(21-28)42-38(47)29-13-15-30(41)16-14-29/h5-18,21-22,26,35,37,45,49H,19-20,23-25,41H2,1-4H3,(H,42,47)/t26-,35+,37-,40+/m1/s1. The molecule has 4 atom stereocenters. The van der Waals surface area contributed by atoms with Gasteiger partial charge in [-0.1, -0.05) is 49.4 Å². The molecule has 3 amide bonds. The smallest absolute Gasteiger partial charge is 0.264 e. The van der Waals surface area contributed by atoms with Crippen LogP contribution in [-0.2, 0) is 33.0 Å². The summed E-state index contributed by atoms with van der Waals surface area (Å²) in [7, 11) is -1.50. The van der Waals surface area contributed by atoms with Crippen molar-refractivity contribution in [1.29, 1.82) is 0 Å². The molecule has 5 N–H and O–H groups in total. The number of aliphatic hydroxyl groups is 1. The number of nitrogens with two attached hydrogens (primary N) is 1. The Labute approximate surface area is 305 Å². The van der Waals surface area contributed by atoms with Crippen LogP contribution in [-0.4, -0.2) is 67.2 Å². The number of carbonyl (C=O) groups is 3. The minimum Gasteiger partial charge on any atom is -0.497 e. The Kier molecular flexibility index (Phi) is 10.5. The summed E-state index contributed by atoms with van der Waals surface area (Å²) in [5.74, 6) is -0.769. The van der Waals surface area contributed by atoms with Crippen molar-refractivity contribution in [3.8, 4) is 5.75 Å². The van der Waals surface area contributed by atoms with E-state index < -0.39 is 31.5 Å². The van der Waals surface area contributed by atoms with Crippen molar-refractivity contribution in [2.24, 2.45) is 5.92 Å². The molecule has 11 nitrogen and oxygen atoms in total. The molecule has 0 unspecified atom stereocenters. The fourth-order valence-corrected chi connectivity index (χ4v) is 10.4. The van der Waals surface area contributed by atoms with Gasteiger partial charge >= 0.3 is 0 Å². The molecule has 4 aromatic carbocycles. The zero-order chi connectivity index (χ0) is 37.2. The first kappa shape index (κ1) is 36.8. The molecule has 2 aliphatic heterocycles. The van der Waals surface area contributed by atoms with Crippen LogP contribution in [0.5, 0.6) is 5.75 Å².